The lowest BCUT2D eigenvalue weighted by atomic mass is 9.90. The predicted octanol–water partition coefficient (Wildman–Crippen LogP) is 4.85. The molecule has 1 aliphatic carbocycles. The molecule has 1 heterocycles. The second-order valence-electron chi connectivity index (χ2n) is 12.6. The normalized spacial score (nSPS) is 12.1. The molecule has 23 heteroatoms. The van der Waals surface area contributed by atoms with E-state index >= 15 is 0 Å². The van der Waals surface area contributed by atoms with Crippen LogP contribution < -0.4 is 10.7 Å². The summed E-state index contributed by atoms with van der Waals surface area (Å²) in [4.78, 5) is 28.4. The van der Waals surface area contributed by atoms with Gasteiger partial charge in [0.2, 0.25) is 0 Å². The van der Waals surface area contributed by atoms with E-state index in [9.17, 15) is 48.5 Å². The fraction of sp³-hybridized carbons (Fsp3) is 0.108. The Balaban J connectivity index is 0.00000163. The number of anilines is 2. The van der Waals surface area contributed by atoms with Crippen LogP contribution in [0.1, 0.15) is 23.2 Å². The Bertz CT molecular complexity index is 3130. The molecule has 1 amide bonds. The van der Waals surface area contributed by atoms with Gasteiger partial charge in [-0.05, 0) is 78.7 Å². The Morgan fingerprint density at radius 3 is 1.92 bits per heavy atom. The molecule has 5 N–H and O–H groups in total. The lowest BCUT2D eigenvalue weighted by Gasteiger charge is -2.23. The van der Waals surface area contributed by atoms with E-state index in [0.717, 1.165) is 24.3 Å². The number of carboxylic acid groups (broad SMARTS) is 1. The number of nitrogens with one attached hydrogen (secondary N) is 1. The van der Waals surface area contributed by atoms with Gasteiger partial charge in [-0.15, -0.1) is 12.6 Å². The van der Waals surface area contributed by atoms with Crippen molar-refractivity contribution in [3.05, 3.63) is 114 Å². The Hall–Kier alpha value is -6.34. The van der Waals surface area contributed by atoms with Gasteiger partial charge in [0, 0.05) is 47.8 Å². The number of fused-ring (bicyclic) bond motifs is 2. The molecule has 4 aromatic carbocycles. The number of carbonyl (C=O) groups excluding carboxylic acids is 1. The molecule has 0 aromatic heterocycles. The second kappa shape index (κ2) is 17.9. The van der Waals surface area contributed by atoms with E-state index < -0.39 is 84.2 Å². The highest BCUT2D eigenvalue weighted by atomic mass is 32.2. The summed E-state index contributed by atoms with van der Waals surface area (Å²) in [5, 5.41) is 11.6. The van der Waals surface area contributed by atoms with Crippen molar-refractivity contribution in [2.75, 3.05) is 18.9 Å². The van der Waals surface area contributed by atoms with Crippen LogP contribution in [0, 0.1) is 0 Å². The van der Waals surface area contributed by atoms with Gasteiger partial charge in [0.1, 0.15) is 0 Å². The maximum absolute atomic E-state index is 13.9. The minimum atomic E-state index is -5.32. The fourth-order valence-electron chi connectivity index (χ4n) is 6.11. The van der Waals surface area contributed by atoms with Gasteiger partial charge >= 0.3 is 16.6 Å². The number of carbonyl (C=O) groups is 2. The average molecular weight is 902 g/mol. The number of nitrogens with zero attached hydrogens (tertiary/aromatic N) is 2. The van der Waals surface area contributed by atoms with Crippen molar-refractivity contribution >= 4 is 80.9 Å². The molecule has 60 heavy (non-hydrogen) atoms. The third kappa shape index (κ3) is 10.4. The van der Waals surface area contributed by atoms with Crippen molar-refractivity contribution in [1.82, 2.24) is 4.90 Å². The number of aliphatic carboxylic acids is 1. The van der Waals surface area contributed by atoms with Crippen molar-refractivity contribution < 1.29 is 70.7 Å². The van der Waals surface area contributed by atoms with Gasteiger partial charge in [-0.1, -0.05) is 36.4 Å². The molecule has 0 bridgehead atoms. The van der Waals surface area contributed by atoms with Gasteiger partial charge in [-0.3, -0.25) is 23.2 Å². The first-order valence-corrected chi connectivity index (χ1v) is 22.2. The highest BCUT2D eigenvalue weighted by Gasteiger charge is 2.32. The first-order valence-electron chi connectivity index (χ1n) is 16.9. The Morgan fingerprint density at radius 1 is 0.733 bits per heavy atom. The van der Waals surface area contributed by atoms with E-state index in [2.05, 4.69) is 10.3 Å². The Labute approximate surface area is 342 Å². The molecule has 19 nitrogen and oxygen atoms in total. The van der Waals surface area contributed by atoms with E-state index in [4.69, 9.17) is 22.2 Å². The Kier molecular flexibility index (Phi) is 13.3. The number of carboxylic acids is 1. The van der Waals surface area contributed by atoms with Crippen LogP contribution in [0.15, 0.2) is 127 Å². The van der Waals surface area contributed by atoms with Crippen LogP contribution >= 0.6 is 0 Å². The zero-order valence-electron chi connectivity index (χ0n) is 30.7. The van der Waals surface area contributed by atoms with Crippen molar-refractivity contribution in [2.45, 2.75) is 27.5 Å². The van der Waals surface area contributed by atoms with Crippen LogP contribution in [0.3, 0.4) is 0 Å². The third-order valence-corrected chi connectivity index (χ3v) is 11.3. The summed E-state index contributed by atoms with van der Waals surface area (Å²) in [6.45, 7) is 0.0511. The van der Waals surface area contributed by atoms with E-state index in [1.807, 2.05) is 0 Å². The van der Waals surface area contributed by atoms with Gasteiger partial charge in [0.15, 0.2) is 21.1 Å². The minimum absolute atomic E-state index is 0.00991. The van der Waals surface area contributed by atoms with Crippen LogP contribution in [-0.4, -0.2) is 87.0 Å². The molecule has 0 radical (unpaired) electrons. The van der Waals surface area contributed by atoms with Crippen molar-refractivity contribution in [1.29, 1.82) is 0 Å². The molecule has 2 aliphatic rings. The van der Waals surface area contributed by atoms with Crippen molar-refractivity contribution in [2.24, 2.45) is 4.99 Å². The van der Waals surface area contributed by atoms with Crippen LogP contribution in [0.4, 0.5) is 17.1 Å². The molecule has 0 fully saturated rings. The molecule has 0 saturated carbocycles. The van der Waals surface area contributed by atoms with Gasteiger partial charge in [-0.25, -0.2) is 4.99 Å². The second-order valence-corrected chi connectivity index (χ2v) is 17.1. The monoisotopic (exact) mass is 901 g/mol. The first-order chi connectivity index (χ1) is 28.1. The number of hydrogen-bond donors (Lipinski definition) is 5. The van der Waals surface area contributed by atoms with Crippen LogP contribution in [0.5, 0.6) is 0 Å². The number of benzene rings is 5. The maximum Gasteiger partial charge on any atom is 0.425 e. The highest BCUT2D eigenvalue weighted by Crippen LogP contribution is 2.46. The minimum Gasteiger partial charge on any atom is -0.481 e. The number of para-hydroxylation sites is 1. The maximum atomic E-state index is 13.9. The predicted molar refractivity (Wildman–Crippen MR) is 213 cm³/mol. The summed E-state index contributed by atoms with van der Waals surface area (Å²) >= 11 is 0. The molecular weight excluding hydrogens is 871 g/mol. The average Bonchev–Trinajstić information content (AvgIpc) is 3.15. The van der Waals surface area contributed by atoms with E-state index in [1.54, 1.807) is 42.5 Å². The standard InChI is InChI=1S/C37H31N3O13S3.O3S/c1-40(21-7-12-31(41)42)37(43)26-11-6-5-10-25(26)32-27-17-19-29(38-22-8-3-2-4-9-22)35(55(47,48)49)33(27)53-34-28(32)18-20-30(36(34)56(50,51)52)39-23-13-15-24(16-14-23)54(44,45)46;1-4(2)3/h2-6,8-11,13-20,38H,7,12,21H2,1H3,(H,41,42)(H,44,45,46)(H,47,48,49)(H,50,51,52);. The molecule has 1 aliphatic heterocycles. The molecule has 4 aromatic rings. The zero-order chi connectivity index (χ0) is 44.2. The highest BCUT2D eigenvalue weighted by molar-refractivity contribution is 7.86. The van der Waals surface area contributed by atoms with E-state index in [0.29, 0.717) is 5.69 Å². The molecule has 6 rings (SSSR count). The zero-order valence-corrected chi connectivity index (χ0v) is 33.9. The van der Waals surface area contributed by atoms with Crippen molar-refractivity contribution in [3.8, 4) is 22.5 Å². The Morgan fingerprint density at radius 2 is 1.33 bits per heavy atom. The SMILES string of the molecule is CN(CCCC(=O)O)C(=O)c1ccccc1-c1c2ccc(=Nc3ccc(S(=O)(=O)O)cc3)c(S(=O)(=O)O)c-2oc2c(S(=O)(=O)O)c(Nc3ccccc3)ccc12.O=S(=O)=O. The van der Waals surface area contributed by atoms with Gasteiger partial charge in [0.05, 0.1) is 21.6 Å². The third-order valence-electron chi connectivity index (χ3n) is 8.56. The van der Waals surface area contributed by atoms with Crippen molar-refractivity contribution in [3.63, 3.8) is 0 Å². The summed E-state index contributed by atoms with van der Waals surface area (Å²) in [5.74, 6) is -2.26. The summed E-state index contributed by atoms with van der Waals surface area (Å²) in [7, 11) is -16.8. The molecule has 0 spiro atoms. The molecule has 0 atom stereocenters. The molecule has 314 valence electrons. The lowest BCUT2D eigenvalue weighted by Crippen LogP contribution is -2.28. The quantitative estimate of drug-likeness (QED) is 0.0809. The van der Waals surface area contributed by atoms with Gasteiger partial charge < -0.3 is 19.7 Å². The number of rotatable bonds is 12. The molecule has 0 saturated heterocycles. The summed E-state index contributed by atoms with van der Waals surface area (Å²) < 4.78 is 138. The van der Waals surface area contributed by atoms with E-state index in [-0.39, 0.29) is 58.4 Å². The van der Waals surface area contributed by atoms with Crippen LogP contribution in [0.25, 0.3) is 33.4 Å². The largest absolute Gasteiger partial charge is 0.481 e. The van der Waals surface area contributed by atoms with Crippen LogP contribution in [0.2, 0.25) is 0 Å². The van der Waals surface area contributed by atoms with Gasteiger partial charge in [0.25, 0.3) is 36.3 Å². The summed E-state index contributed by atoms with van der Waals surface area (Å²) in [6, 6.07) is 24.0. The number of amides is 1. The van der Waals surface area contributed by atoms with E-state index in [1.165, 1.54) is 48.3 Å². The smallest absolute Gasteiger partial charge is 0.425 e. The summed E-state index contributed by atoms with van der Waals surface area (Å²) in [6.07, 6.45) is -0.0732. The lowest BCUT2D eigenvalue weighted by molar-refractivity contribution is -0.137. The number of hydrogen-bond acceptors (Lipinski definition) is 14. The fourth-order valence-corrected chi connectivity index (χ4v) is 8.14. The van der Waals surface area contributed by atoms with Gasteiger partial charge in [-0.2, -0.15) is 25.3 Å². The molecular formula is C37H31N3O16S4. The summed E-state index contributed by atoms with van der Waals surface area (Å²) in [5.41, 5.74) is -0.204. The van der Waals surface area contributed by atoms with Crippen LogP contribution in [-0.2, 0) is 45.8 Å². The first kappa shape index (κ1) is 44.8. The topological polar surface area (TPSA) is 309 Å². The molecule has 0 unspecified atom stereocenters.